The maximum atomic E-state index is 12.8. The van der Waals surface area contributed by atoms with E-state index >= 15 is 0 Å². The summed E-state index contributed by atoms with van der Waals surface area (Å²) < 4.78 is 12.8. The molecule has 0 amide bonds. The number of rotatable bonds is 5. The van der Waals surface area contributed by atoms with Crippen LogP contribution >= 0.6 is 0 Å². The van der Waals surface area contributed by atoms with Crippen LogP contribution in [0.1, 0.15) is 37.0 Å². The van der Waals surface area contributed by atoms with Crippen molar-refractivity contribution in [2.75, 3.05) is 0 Å². The molecule has 1 unspecified atom stereocenters. The highest BCUT2D eigenvalue weighted by atomic mass is 19.1. The van der Waals surface area contributed by atoms with E-state index < -0.39 is 6.10 Å². The molecule has 0 aromatic heterocycles. The van der Waals surface area contributed by atoms with E-state index in [9.17, 15) is 9.50 Å². The van der Waals surface area contributed by atoms with Crippen LogP contribution in [0.2, 0.25) is 0 Å². The molecule has 0 fully saturated rings. The monoisotopic (exact) mass is 270 g/mol. The van der Waals surface area contributed by atoms with Crippen molar-refractivity contribution in [3.8, 4) is 0 Å². The molecule has 2 rings (SSSR count). The summed E-state index contributed by atoms with van der Waals surface area (Å²) in [4.78, 5) is 0. The van der Waals surface area contributed by atoms with E-state index in [4.69, 9.17) is 0 Å². The molecule has 0 aliphatic heterocycles. The van der Waals surface area contributed by atoms with E-state index in [0.717, 1.165) is 17.5 Å². The first-order valence-corrected chi connectivity index (χ1v) is 6.81. The second-order valence-electron chi connectivity index (χ2n) is 5.01. The van der Waals surface area contributed by atoms with E-state index in [1.165, 1.54) is 17.7 Å². The molecular formula is C18H19FO. The van der Waals surface area contributed by atoms with Gasteiger partial charge in [0.2, 0.25) is 0 Å². The third kappa shape index (κ3) is 4.32. The fraction of sp³-hybridized carbons (Fsp3) is 0.222. The quantitative estimate of drug-likeness (QED) is 0.831. The number of allylic oxidation sites excluding steroid dienone is 1. The van der Waals surface area contributed by atoms with Crippen LogP contribution < -0.4 is 0 Å². The lowest BCUT2D eigenvalue weighted by molar-refractivity contribution is 0.168. The molecule has 1 atom stereocenters. The first kappa shape index (κ1) is 14.5. The predicted octanol–water partition coefficient (Wildman–Crippen LogP) is 4.74. The van der Waals surface area contributed by atoms with Crippen LogP contribution in [-0.2, 0) is 0 Å². The molecular weight excluding hydrogens is 251 g/mol. The zero-order valence-electron chi connectivity index (χ0n) is 11.6. The average molecular weight is 270 g/mol. The van der Waals surface area contributed by atoms with Gasteiger partial charge in [-0.15, -0.1) is 0 Å². The molecule has 2 aromatic carbocycles. The van der Waals surface area contributed by atoms with Crippen molar-refractivity contribution in [2.24, 2.45) is 0 Å². The Kier molecular flexibility index (Phi) is 5.08. The van der Waals surface area contributed by atoms with Gasteiger partial charge in [0.05, 0.1) is 6.10 Å². The molecule has 1 N–H and O–H groups in total. The van der Waals surface area contributed by atoms with Crippen LogP contribution in [-0.4, -0.2) is 5.11 Å². The molecule has 0 aliphatic rings. The highest BCUT2D eigenvalue weighted by molar-refractivity contribution is 5.52. The minimum absolute atomic E-state index is 0.223. The van der Waals surface area contributed by atoms with Crippen molar-refractivity contribution in [2.45, 2.75) is 25.9 Å². The van der Waals surface area contributed by atoms with E-state index in [0.29, 0.717) is 6.42 Å². The fourth-order valence-electron chi connectivity index (χ4n) is 2.12. The van der Waals surface area contributed by atoms with Gasteiger partial charge in [-0.2, -0.15) is 0 Å². The summed E-state index contributed by atoms with van der Waals surface area (Å²) in [6, 6.07) is 16.1. The molecule has 0 heterocycles. The number of aliphatic hydroxyl groups excluding tert-OH is 1. The predicted molar refractivity (Wildman–Crippen MR) is 80.7 cm³/mol. The van der Waals surface area contributed by atoms with Gasteiger partial charge in [-0.1, -0.05) is 54.1 Å². The zero-order chi connectivity index (χ0) is 14.4. The number of hydrogen-bond acceptors (Lipinski definition) is 1. The largest absolute Gasteiger partial charge is 0.388 e. The van der Waals surface area contributed by atoms with Crippen LogP contribution in [0.5, 0.6) is 0 Å². The molecule has 1 nitrogen and oxygen atoms in total. The lowest BCUT2D eigenvalue weighted by Gasteiger charge is -2.11. The second kappa shape index (κ2) is 7.01. The fourth-order valence-corrected chi connectivity index (χ4v) is 2.12. The highest BCUT2D eigenvalue weighted by Gasteiger charge is 2.06. The standard InChI is InChI=1S/C18H19FO/c1-14(13-15-8-10-17(19)11-9-15)7-12-18(20)16-5-3-2-4-6-16/h2-6,8-11,13,18,20H,7,12H2,1H3/b14-13+. The van der Waals surface area contributed by atoms with Gasteiger partial charge in [-0.25, -0.2) is 4.39 Å². The third-order valence-corrected chi connectivity index (χ3v) is 3.28. The second-order valence-corrected chi connectivity index (χ2v) is 5.01. The molecule has 20 heavy (non-hydrogen) atoms. The smallest absolute Gasteiger partial charge is 0.123 e. The van der Waals surface area contributed by atoms with Crippen molar-refractivity contribution in [1.82, 2.24) is 0 Å². The number of aliphatic hydroxyl groups is 1. The first-order valence-electron chi connectivity index (χ1n) is 6.81. The maximum Gasteiger partial charge on any atom is 0.123 e. The summed E-state index contributed by atoms with van der Waals surface area (Å²) in [6.45, 7) is 2.03. The van der Waals surface area contributed by atoms with Gasteiger partial charge in [-0.05, 0) is 43.0 Å². The lowest BCUT2D eigenvalue weighted by Crippen LogP contribution is -1.97. The van der Waals surface area contributed by atoms with E-state index in [-0.39, 0.29) is 5.82 Å². The average Bonchev–Trinajstić information content (AvgIpc) is 2.48. The highest BCUT2D eigenvalue weighted by Crippen LogP contribution is 2.21. The van der Waals surface area contributed by atoms with Crippen LogP contribution in [0, 0.1) is 5.82 Å². The SMILES string of the molecule is C/C(=C\c1ccc(F)cc1)CCC(O)c1ccccc1. The van der Waals surface area contributed by atoms with Crippen LogP contribution in [0.4, 0.5) is 4.39 Å². The van der Waals surface area contributed by atoms with Crippen molar-refractivity contribution in [1.29, 1.82) is 0 Å². The Labute approximate surface area is 119 Å². The van der Waals surface area contributed by atoms with E-state index in [1.807, 2.05) is 43.3 Å². The normalized spacial score (nSPS) is 13.2. The van der Waals surface area contributed by atoms with E-state index in [1.54, 1.807) is 12.1 Å². The van der Waals surface area contributed by atoms with Crippen molar-refractivity contribution in [3.63, 3.8) is 0 Å². The van der Waals surface area contributed by atoms with Crippen molar-refractivity contribution in [3.05, 3.63) is 77.1 Å². The van der Waals surface area contributed by atoms with Crippen LogP contribution in [0.15, 0.2) is 60.2 Å². The zero-order valence-corrected chi connectivity index (χ0v) is 11.6. The Balaban J connectivity index is 1.91. The van der Waals surface area contributed by atoms with Gasteiger partial charge >= 0.3 is 0 Å². The Morgan fingerprint density at radius 1 is 1.10 bits per heavy atom. The molecule has 0 aliphatic carbocycles. The van der Waals surface area contributed by atoms with Crippen molar-refractivity contribution < 1.29 is 9.50 Å². The number of hydrogen-bond donors (Lipinski definition) is 1. The van der Waals surface area contributed by atoms with Gasteiger partial charge in [0.25, 0.3) is 0 Å². The van der Waals surface area contributed by atoms with Gasteiger partial charge < -0.3 is 5.11 Å². The molecule has 0 spiro atoms. The van der Waals surface area contributed by atoms with Gasteiger partial charge in [-0.3, -0.25) is 0 Å². The van der Waals surface area contributed by atoms with Crippen LogP contribution in [0.3, 0.4) is 0 Å². The molecule has 2 heteroatoms. The molecule has 0 saturated heterocycles. The summed E-state index contributed by atoms with van der Waals surface area (Å²) in [7, 11) is 0. The molecule has 104 valence electrons. The van der Waals surface area contributed by atoms with Crippen LogP contribution in [0.25, 0.3) is 6.08 Å². The lowest BCUT2D eigenvalue weighted by atomic mass is 10.0. The topological polar surface area (TPSA) is 20.2 Å². The van der Waals surface area contributed by atoms with Gasteiger partial charge in [0.15, 0.2) is 0 Å². The number of benzene rings is 2. The molecule has 0 bridgehead atoms. The summed E-state index contributed by atoms with van der Waals surface area (Å²) in [5.41, 5.74) is 3.10. The maximum absolute atomic E-state index is 12.8. The summed E-state index contributed by atoms with van der Waals surface area (Å²) in [5, 5.41) is 10.1. The third-order valence-electron chi connectivity index (χ3n) is 3.28. The summed E-state index contributed by atoms with van der Waals surface area (Å²) >= 11 is 0. The Hall–Kier alpha value is -1.93. The Morgan fingerprint density at radius 2 is 1.75 bits per heavy atom. The molecule has 2 aromatic rings. The van der Waals surface area contributed by atoms with E-state index in [2.05, 4.69) is 0 Å². The Bertz CT molecular complexity index is 558. The minimum atomic E-state index is -0.437. The van der Waals surface area contributed by atoms with Gasteiger partial charge in [0, 0.05) is 0 Å². The summed E-state index contributed by atoms with van der Waals surface area (Å²) in [5.74, 6) is -0.223. The Morgan fingerprint density at radius 3 is 2.40 bits per heavy atom. The number of halogens is 1. The first-order chi connectivity index (χ1) is 9.65. The minimum Gasteiger partial charge on any atom is -0.388 e. The summed E-state index contributed by atoms with van der Waals surface area (Å²) in [6.07, 6.45) is 3.09. The molecule has 0 saturated carbocycles. The van der Waals surface area contributed by atoms with Gasteiger partial charge in [0.1, 0.15) is 5.82 Å². The van der Waals surface area contributed by atoms with Crippen molar-refractivity contribution >= 4 is 6.08 Å². The molecule has 0 radical (unpaired) electrons.